The number of hydrogen-bond donors (Lipinski definition) is 1. The molecule has 2 atom stereocenters. The number of nitrogens with one attached hydrogen (secondary N) is 1. The molecule has 0 amide bonds. The van der Waals surface area contributed by atoms with Gasteiger partial charge in [-0.1, -0.05) is 13.8 Å². The van der Waals surface area contributed by atoms with Crippen LogP contribution in [0.15, 0.2) is 12.5 Å². The number of hydrogen-bond acceptors (Lipinski definition) is 2. The Kier molecular flexibility index (Phi) is 3.64. The Labute approximate surface area is 98.3 Å². The zero-order chi connectivity index (χ0) is 11.5. The van der Waals surface area contributed by atoms with Gasteiger partial charge in [0.25, 0.3) is 0 Å². The van der Waals surface area contributed by atoms with Gasteiger partial charge in [-0.3, -0.25) is 0 Å². The van der Waals surface area contributed by atoms with Crippen molar-refractivity contribution in [2.24, 2.45) is 5.92 Å². The highest BCUT2D eigenvalue weighted by Gasteiger charge is 2.22. The maximum Gasteiger partial charge on any atom is 0.0950 e. The molecule has 0 saturated carbocycles. The van der Waals surface area contributed by atoms with Gasteiger partial charge in [0.1, 0.15) is 0 Å². The minimum atomic E-state index is 0.568. The second-order valence-corrected chi connectivity index (χ2v) is 5.39. The molecule has 2 rings (SSSR count). The first-order valence-corrected chi connectivity index (χ1v) is 6.41. The van der Waals surface area contributed by atoms with Gasteiger partial charge < -0.3 is 9.88 Å². The molecule has 90 valence electrons. The fourth-order valence-corrected chi connectivity index (χ4v) is 2.70. The van der Waals surface area contributed by atoms with E-state index in [1.54, 1.807) is 0 Å². The highest BCUT2D eigenvalue weighted by Crippen LogP contribution is 2.26. The molecule has 1 aliphatic rings. The van der Waals surface area contributed by atoms with Crippen LogP contribution in [0.4, 0.5) is 0 Å². The molecule has 2 heterocycles. The van der Waals surface area contributed by atoms with Gasteiger partial charge in [-0.2, -0.15) is 0 Å². The number of rotatable bonds is 4. The fraction of sp³-hybridized carbons (Fsp3) is 0.769. The third-order valence-corrected chi connectivity index (χ3v) is 3.46. The lowest BCUT2D eigenvalue weighted by atomic mass is 10.0. The zero-order valence-corrected chi connectivity index (χ0v) is 10.6. The van der Waals surface area contributed by atoms with Gasteiger partial charge in [0.15, 0.2) is 0 Å². The number of nitrogens with zero attached hydrogens (tertiary/aromatic N) is 2. The molecule has 1 aromatic heterocycles. The molecule has 0 aliphatic carbocycles. The SMILES string of the molecule is CC(C)CC(C)n1cncc1C1CCNC1. The summed E-state index contributed by atoms with van der Waals surface area (Å²) in [4.78, 5) is 4.33. The monoisotopic (exact) mass is 221 g/mol. The zero-order valence-electron chi connectivity index (χ0n) is 10.6. The van der Waals surface area contributed by atoms with Gasteiger partial charge in [-0.15, -0.1) is 0 Å². The van der Waals surface area contributed by atoms with Gasteiger partial charge in [-0.05, 0) is 32.2 Å². The smallest absolute Gasteiger partial charge is 0.0950 e. The molecular weight excluding hydrogens is 198 g/mol. The van der Waals surface area contributed by atoms with Gasteiger partial charge in [-0.25, -0.2) is 4.98 Å². The maximum atomic E-state index is 4.33. The van der Waals surface area contributed by atoms with Gasteiger partial charge in [0, 0.05) is 30.4 Å². The van der Waals surface area contributed by atoms with E-state index < -0.39 is 0 Å². The van der Waals surface area contributed by atoms with Crippen molar-refractivity contribution in [1.29, 1.82) is 0 Å². The molecule has 1 aromatic rings. The molecule has 0 radical (unpaired) electrons. The van der Waals surface area contributed by atoms with Crippen LogP contribution in [0, 0.1) is 5.92 Å². The molecule has 3 heteroatoms. The third-order valence-electron chi connectivity index (χ3n) is 3.46. The Balaban J connectivity index is 2.11. The molecule has 0 spiro atoms. The lowest BCUT2D eigenvalue weighted by Crippen LogP contribution is -2.15. The van der Waals surface area contributed by atoms with E-state index in [-0.39, 0.29) is 0 Å². The first-order valence-electron chi connectivity index (χ1n) is 6.41. The van der Waals surface area contributed by atoms with Crippen molar-refractivity contribution in [2.75, 3.05) is 13.1 Å². The van der Waals surface area contributed by atoms with E-state index in [1.807, 2.05) is 6.33 Å². The van der Waals surface area contributed by atoms with Crippen LogP contribution in [0.2, 0.25) is 0 Å². The van der Waals surface area contributed by atoms with E-state index in [4.69, 9.17) is 0 Å². The average molecular weight is 221 g/mol. The van der Waals surface area contributed by atoms with Gasteiger partial charge in [0.05, 0.1) is 6.33 Å². The van der Waals surface area contributed by atoms with Crippen molar-refractivity contribution >= 4 is 0 Å². The lowest BCUT2D eigenvalue weighted by molar-refractivity contribution is 0.413. The van der Waals surface area contributed by atoms with Crippen LogP contribution in [0.5, 0.6) is 0 Å². The van der Waals surface area contributed by atoms with E-state index in [0.717, 1.165) is 19.0 Å². The van der Waals surface area contributed by atoms with E-state index >= 15 is 0 Å². The van der Waals surface area contributed by atoms with Crippen molar-refractivity contribution in [3.05, 3.63) is 18.2 Å². The Morgan fingerprint density at radius 2 is 2.31 bits per heavy atom. The van der Waals surface area contributed by atoms with Crippen molar-refractivity contribution in [2.45, 2.75) is 45.6 Å². The Morgan fingerprint density at radius 1 is 1.50 bits per heavy atom. The van der Waals surface area contributed by atoms with Crippen LogP contribution in [-0.4, -0.2) is 22.6 Å². The highest BCUT2D eigenvalue weighted by atomic mass is 15.1. The molecule has 1 aliphatic heterocycles. The number of aromatic nitrogens is 2. The van der Waals surface area contributed by atoms with E-state index in [9.17, 15) is 0 Å². The molecule has 3 nitrogen and oxygen atoms in total. The van der Waals surface area contributed by atoms with E-state index in [1.165, 1.54) is 18.5 Å². The summed E-state index contributed by atoms with van der Waals surface area (Å²) in [5, 5.41) is 3.43. The second kappa shape index (κ2) is 5.00. The summed E-state index contributed by atoms with van der Waals surface area (Å²) in [6.07, 6.45) is 6.53. The van der Waals surface area contributed by atoms with E-state index in [2.05, 4.69) is 41.8 Å². The fourth-order valence-electron chi connectivity index (χ4n) is 2.70. The molecule has 0 aromatic carbocycles. The maximum absolute atomic E-state index is 4.33. The van der Waals surface area contributed by atoms with Crippen molar-refractivity contribution < 1.29 is 0 Å². The molecule has 0 bridgehead atoms. The summed E-state index contributed by atoms with van der Waals surface area (Å²) in [6.45, 7) is 9.12. The summed E-state index contributed by atoms with van der Waals surface area (Å²) in [5.41, 5.74) is 1.41. The van der Waals surface area contributed by atoms with Crippen LogP contribution in [-0.2, 0) is 0 Å². The quantitative estimate of drug-likeness (QED) is 0.847. The summed E-state index contributed by atoms with van der Waals surface area (Å²) in [6, 6.07) is 0.568. The highest BCUT2D eigenvalue weighted by molar-refractivity contribution is 5.10. The van der Waals surface area contributed by atoms with Crippen molar-refractivity contribution in [3.63, 3.8) is 0 Å². The second-order valence-electron chi connectivity index (χ2n) is 5.39. The molecule has 1 fully saturated rings. The molecule has 1 N–H and O–H groups in total. The Morgan fingerprint density at radius 3 is 2.94 bits per heavy atom. The van der Waals surface area contributed by atoms with Crippen molar-refractivity contribution in [1.82, 2.24) is 14.9 Å². The first kappa shape index (κ1) is 11.6. The van der Waals surface area contributed by atoms with Crippen LogP contribution in [0.25, 0.3) is 0 Å². The van der Waals surface area contributed by atoms with Crippen LogP contribution in [0.3, 0.4) is 0 Å². The summed E-state index contributed by atoms with van der Waals surface area (Å²) < 4.78 is 2.37. The number of imidazole rings is 1. The molecule has 2 unspecified atom stereocenters. The summed E-state index contributed by atoms with van der Waals surface area (Å²) in [5.74, 6) is 1.41. The topological polar surface area (TPSA) is 29.9 Å². The van der Waals surface area contributed by atoms with Gasteiger partial charge >= 0.3 is 0 Å². The van der Waals surface area contributed by atoms with Crippen LogP contribution < -0.4 is 5.32 Å². The van der Waals surface area contributed by atoms with Crippen LogP contribution in [0.1, 0.15) is 51.3 Å². The predicted molar refractivity (Wildman–Crippen MR) is 66.6 cm³/mol. The average Bonchev–Trinajstić information content (AvgIpc) is 2.87. The van der Waals surface area contributed by atoms with E-state index in [0.29, 0.717) is 12.0 Å². The largest absolute Gasteiger partial charge is 0.331 e. The predicted octanol–water partition coefficient (Wildman–Crippen LogP) is 2.57. The summed E-state index contributed by atoms with van der Waals surface area (Å²) in [7, 11) is 0. The van der Waals surface area contributed by atoms with Crippen LogP contribution >= 0.6 is 0 Å². The molecule has 1 saturated heterocycles. The van der Waals surface area contributed by atoms with Crippen molar-refractivity contribution in [3.8, 4) is 0 Å². The van der Waals surface area contributed by atoms with Gasteiger partial charge in [0.2, 0.25) is 0 Å². The Hall–Kier alpha value is -0.830. The molecular formula is C13H23N3. The standard InChI is InChI=1S/C13H23N3/c1-10(2)6-11(3)16-9-15-8-13(16)12-4-5-14-7-12/h8-12,14H,4-7H2,1-3H3. The normalized spacial score (nSPS) is 22.9. The summed E-state index contributed by atoms with van der Waals surface area (Å²) >= 11 is 0. The molecule has 16 heavy (non-hydrogen) atoms. The minimum Gasteiger partial charge on any atom is -0.331 e. The Bertz CT molecular complexity index is 324. The third kappa shape index (κ3) is 2.46. The first-order chi connectivity index (χ1) is 7.68. The minimum absolute atomic E-state index is 0.568. The lowest BCUT2D eigenvalue weighted by Gasteiger charge is -2.20.